The summed E-state index contributed by atoms with van der Waals surface area (Å²) >= 11 is 0. The van der Waals surface area contributed by atoms with E-state index in [0.717, 1.165) is 112 Å². The van der Waals surface area contributed by atoms with Crippen LogP contribution in [0.4, 0.5) is 11.5 Å². The van der Waals surface area contributed by atoms with E-state index < -0.39 is 23.8 Å². The number of benzene rings is 3. The first-order valence-electron chi connectivity index (χ1n) is 25.3. The number of piperidine rings is 2. The van der Waals surface area contributed by atoms with Gasteiger partial charge in [-0.25, -0.2) is 14.6 Å². The van der Waals surface area contributed by atoms with Crippen LogP contribution in [0, 0.1) is 0 Å². The van der Waals surface area contributed by atoms with Gasteiger partial charge in [-0.3, -0.25) is 34.2 Å². The lowest BCUT2D eigenvalue weighted by molar-refractivity contribution is -0.136. The first-order chi connectivity index (χ1) is 34.2. The molecule has 0 bridgehead atoms. The lowest BCUT2D eigenvalue weighted by Gasteiger charge is -2.35. The lowest BCUT2D eigenvalue weighted by atomic mass is 10.0. The van der Waals surface area contributed by atoms with Gasteiger partial charge in [0.05, 0.1) is 22.6 Å². The van der Waals surface area contributed by atoms with Gasteiger partial charge in [0.15, 0.2) is 5.65 Å². The van der Waals surface area contributed by atoms with Crippen molar-refractivity contribution in [2.75, 3.05) is 70.0 Å². The van der Waals surface area contributed by atoms with E-state index in [9.17, 15) is 24.0 Å². The summed E-state index contributed by atoms with van der Waals surface area (Å²) in [4.78, 5) is 81.1. The zero-order valence-corrected chi connectivity index (χ0v) is 40.0. The number of carbonyl (C=O) groups is 5. The Hall–Kier alpha value is -6.72. The van der Waals surface area contributed by atoms with E-state index in [-0.39, 0.29) is 30.7 Å². The highest BCUT2D eigenvalue weighted by molar-refractivity contribution is 6.25. The molecule has 2 aromatic heterocycles. The van der Waals surface area contributed by atoms with Gasteiger partial charge in [0.2, 0.25) is 17.7 Å². The van der Waals surface area contributed by atoms with Gasteiger partial charge in [-0.05, 0) is 100 Å². The van der Waals surface area contributed by atoms with Crippen LogP contribution >= 0.6 is 0 Å². The molecule has 0 aliphatic carbocycles. The van der Waals surface area contributed by atoms with Crippen LogP contribution in [0.5, 0.6) is 11.5 Å². The molecule has 2 atom stereocenters. The summed E-state index contributed by atoms with van der Waals surface area (Å²) in [7, 11) is 0. The number of nitrogens with two attached hydrogens (primary N) is 1. The van der Waals surface area contributed by atoms with Crippen LogP contribution in [0.3, 0.4) is 0 Å². The minimum absolute atomic E-state index is 0.0183. The molecule has 0 saturated carbocycles. The third-order valence-corrected chi connectivity index (χ3v) is 14.2. The molecule has 2 unspecified atom stereocenters. The highest BCUT2D eigenvalue weighted by Crippen LogP contribution is 2.36. The molecule has 5 aromatic rings. The Balaban J connectivity index is 0.626. The lowest BCUT2D eigenvalue weighted by Crippen LogP contribution is -2.54. The molecule has 6 heterocycles. The van der Waals surface area contributed by atoms with Gasteiger partial charge in [0.1, 0.15) is 35.4 Å². The second-order valence-corrected chi connectivity index (χ2v) is 19.0. The molecule has 4 aliphatic heterocycles. The Labute approximate surface area is 409 Å². The van der Waals surface area contributed by atoms with Crippen molar-refractivity contribution in [2.45, 2.75) is 102 Å². The molecule has 5 amide bonds. The number of imide groups is 2. The number of amides is 5. The summed E-state index contributed by atoms with van der Waals surface area (Å²) in [6.07, 6.45) is 14.2. The van der Waals surface area contributed by atoms with E-state index >= 15 is 0 Å². The number of unbranched alkanes of at least 4 members (excludes halogenated alkanes) is 7. The average molecular weight is 952 g/mol. The first-order valence-corrected chi connectivity index (χ1v) is 25.3. The number of hydrogen-bond acceptors (Lipinski definition) is 13. The van der Waals surface area contributed by atoms with Crippen molar-refractivity contribution in [1.82, 2.24) is 44.7 Å². The summed E-state index contributed by atoms with van der Waals surface area (Å²) in [5.74, 6) is 0.101. The van der Waals surface area contributed by atoms with E-state index in [1.807, 2.05) is 64.2 Å². The van der Waals surface area contributed by atoms with Crippen LogP contribution < -0.4 is 21.1 Å². The van der Waals surface area contributed by atoms with Gasteiger partial charge in [-0.15, -0.1) is 0 Å². The van der Waals surface area contributed by atoms with E-state index in [1.54, 1.807) is 18.2 Å². The normalized spacial score (nSPS) is 18.9. The van der Waals surface area contributed by atoms with Crippen LogP contribution in [-0.4, -0.2) is 134 Å². The Morgan fingerprint density at radius 2 is 1.44 bits per heavy atom. The van der Waals surface area contributed by atoms with Crippen molar-refractivity contribution in [3.05, 3.63) is 90.3 Å². The van der Waals surface area contributed by atoms with Crippen LogP contribution in [0.15, 0.2) is 79.1 Å². The molecule has 0 spiro atoms. The van der Waals surface area contributed by atoms with Crippen LogP contribution in [0.1, 0.15) is 117 Å². The zero-order chi connectivity index (χ0) is 48.4. The zero-order valence-electron chi connectivity index (χ0n) is 40.0. The molecular weight excluding hydrogens is 887 g/mol. The number of ether oxygens (including phenoxy) is 1. The minimum Gasteiger partial charge on any atom is -0.457 e. The number of para-hydroxylation sites is 1. The van der Waals surface area contributed by atoms with Crippen molar-refractivity contribution in [2.24, 2.45) is 0 Å². The maximum Gasteiger partial charge on any atom is 0.264 e. The molecule has 368 valence electrons. The third kappa shape index (κ3) is 11.3. The van der Waals surface area contributed by atoms with E-state index in [4.69, 9.17) is 15.6 Å². The summed E-state index contributed by atoms with van der Waals surface area (Å²) < 4.78 is 7.97. The third-order valence-electron chi connectivity index (χ3n) is 14.2. The molecule has 3 fully saturated rings. The van der Waals surface area contributed by atoms with Gasteiger partial charge >= 0.3 is 0 Å². The highest BCUT2D eigenvalue weighted by Gasteiger charge is 2.45. The standard InChI is InChI=1S/C53H65N11O6/c54-49-47-48(37-21-23-40(24-22-37)70-39-16-8-7-9-17-39)59-64(50(47)57-36-56-49)38-15-13-30-62(35-38)45(66)20-14-29-61-33-31-60(32-34-61)28-11-6-4-2-1-3-5-10-27-55-42-19-12-18-41-46(42)53(69)63(52(41)68)43-25-26-44(65)58-51(43)67/h7-9,12,16-19,21-24,36,38,43,55H,1-6,10-11,13-15,20,25-35H2,(H2,54,56,57)(H,58,65,67). The van der Waals surface area contributed by atoms with Crippen molar-refractivity contribution >= 4 is 52.1 Å². The molecular formula is C53H65N11O6. The van der Waals surface area contributed by atoms with Crippen LogP contribution in [-0.2, 0) is 14.4 Å². The molecule has 0 radical (unpaired) electrons. The molecule has 17 heteroatoms. The second-order valence-electron chi connectivity index (χ2n) is 19.0. The predicted molar refractivity (Wildman–Crippen MR) is 267 cm³/mol. The summed E-state index contributed by atoms with van der Waals surface area (Å²) in [6, 6.07) is 21.7. The number of piperazine rings is 1. The number of nitrogen functional groups attached to an aromatic ring is 1. The second kappa shape index (κ2) is 22.8. The van der Waals surface area contributed by atoms with Crippen molar-refractivity contribution in [3.8, 4) is 22.8 Å². The van der Waals surface area contributed by atoms with Gasteiger partial charge in [-0.1, -0.05) is 62.8 Å². The average Bonchev–Trinajstić information content (AvgIpc) is 3.89. The summed E-state index contributed by atoms with van der Waals surface area (Å²) in [5.41, 5.74) is 9.94. The maximum atomic E-state index is 13.6. The molecule has 4 aliphatic rings. The Bertz CT molecular complexity index is 2650. The molecule has 9 rings (SSSR count). The Morgan fingerprint density at radius 1 is 0.743 bits per heavy atom. The molecule has 3 saturated heterocycles. The number of rotatable bonds is 21. The van der Waals surface area contributed by atoms with Gasteiger partial charge < -0.3 is 30.5 Å². The van der Waals surface area contributed by atoms with Crippen molar-refractivity contribution in [3.63, 3.8) is 0 Å². The number of hydrogen-bond donors (Lipinski definition) is 3. The number of nitrogens with zero attached hydrogens (tertiary/aromatic N) is 8. The fraction of sp³-hybridized carbons (Fsp3) is 0.472. The predicted octanol–water partition coefficient (Wildman–Crippen LogP) is 7.06. The quantitative estimate of drug-likeness (QED) is 0.0499. The first kappa shape index (κ1) is 48.3. The summed E-state index contributed by atoms with van der Waals surface area (Å²) in [5, 5.41) is 11.4. The number of nitrogens with one attached hydrogen (secondary N) is 2. The van der Waals surface area contributed by atoms with Gasteiger partial charge in [0.25, 0.3) is 11.8 Å². The number of aromatic nitrogens is 4. The monoisotopic (exact) mass is 952 g/mol. The molecule has 17 nitrogen and oxygen atoms in total. The molecule has 4 N–H and O–H groups in total. The molecule has 70 heavy (non-hydrogen) atoms. The SMILES string of the molecule is Nc1ncnc2c1c(-c1ccc(Oc3ccccc3)cc1)nn2C1CCCN(C(=O)CCCN2CCN(CCCCCCCCCCNc3cccc4c3C(=O)N(C3CCC(=O)NC3=O)C4=O)CC2)C1. The summed E-state index contributed by atoms with van der Waals surface area (Å²) in [6.45, 7) is 8.33. The minimum atomic E-state index is -0.970. The topological polar surface area (TPSA) is 201 Å². The van der Waals surface area contributed by atoms with Crippen molar-refractivity contribution < 1.29 is 28.7 Å². The van der Waals surface area contributed by atoms with E-state index in [0.29, 0.717) is 53.2 Å². The maximum absolute atomic E-state index is 13.6. The Kier molecular flexibility index (Phi) is 15.7. The molecule has 3 aromatic carbocycles. The number of anilines is 2. The fourth-order valence-corrected chi connectivity index (χ4v) is 10.4. The number of fused-ring (bicyclic) bond motifs is 2. The number of carbonyl (C=O) groups excluding carboxylic acids is 5. The van der Waals surface area contributed by atoms with E-state index in [2.05, 4.69) is 30.4 Å². The van der Waals surface area contributed by atoms with Crippen LogP contribution in [0.2, 0.25) is 0 Å². The van der Waals surface area contributed by atoms with E-state index in [1.165, 1.54) is 38.4 Å². The van der Waals surface area contributed by atoms with Gasteiger partial charge in [-0.2, -0.15) is 5.10 Å². The largest absolute Gasteiger partial charge is 0.457 e. The van der Waals surface area contributed by atoms with Crippen molar-refractivity contribution in [1.29, 1.82) is 0 Å². The van der Waals surface area contributed by atoms with Crippen LogP contribution in [0.25, 0.3) is 22.3 Å². The highest BCUT2D eigenvalue weighted by atomic mass is 16.5. The van der Waals surface area contributed by atoms with Gasteiger partial charge in [0, 0.05) is 69.9 Å². The number of likely N-dealkylation sites (tertiary alicyclic amines) is 1. The fourth-order valence-electron chi connectivity index (χ4n) is 10.4. The Morgan fingerprint density at radius 3 is 2.19 bits per heavy atom. The smallest absolute Gasteiger partial charge is 0.264 e.